The van der Waals surface area contributed by atoms with Crippen molar-refractivity contribution < 1.29 is 5.11 Å². The van der Waals surface area contributed by atoms with Crippen LogP contribution in [0.5, 0.6) is 0 Å². The van der Waals surface area contributed by atoms with Crippen LogP contribution < -0.4 is 5.32 Å². The first-order chi connectivity index (χ1) is 7.56. The van der Waals surface area contributed by atoms with Crippen molar-refractivity contribution in [1.82, 2.24) is 5.32 Å². The van der Waals surface area contributed by atoms with Crippen LogP contribution in [0.3, 0.4) is 0 Å². The van der Waals surface area contributed by atoms with Crippen LogP contribution in [0.15, 0.2) is 18.2 Å². The zero-order valence-electron chi connectivity index (χ0n) is 9.50. The molecule has 1 aromatic carbocycles. The number of aliphatic hydroxyl groups is 1. The Kier molecular flexibility index (Phi) is 5.56. The molecule has 2 atom stereocenters. The van der Waals surface area contributed by atoms with Gasteiger partial charge in [0, 0.05) is 12.6 Å². The molecule has 1 rings (SSSR count). The minimum Gasteiger partial charge on any atom is -0.392 e. The highest BCUT2D eigenvalue weighted by atomic mass is 35.5. The third-order valence-corrected chi connectivity index (χ3v) is 3.41. The number of rotatable bonds is 5. The lowest BCUT2D eigenvalue weighted by Gasteiger charge is -2.18. The lowest BCUT2D eigenvalue weighted by molar-refractivity contribution is 0.164. The van der Waals surface area contributed by atoms with Gasteiger partial charge in [0.05, 0.1) is 16.1 Å². The monoisotopic (exact) mass is 261 g/mol. The van der Waals surface area contributed by atoms with Gasteiger partial charge in [-0.15, -0.1) is 0 Å². The first-order valence-corrected chi connectivity index (χ1v) is 6.17. The molecule has 0 fully saturated rings. The van der Waals surface area contributed by atoms with Crippen molar-refractivity contribution in [2.75, 3.05) is 6.54 Å². The summed E-state index contributed by atoms with van der Waals surface area (Å²) in [6, 6.07) is 5.65. The fourth-order valence-electron chi connectivity index (χ4n) is 1.42. The average molecular weight is 262 g/mol. The number of benzene rings is 1. The van der Waals surface area contributed by atoms with Crippen LogP contribution in [0.2, 0.25) is 10.0 Å². The SMILES string of the molecule is CCC(O)CNC(C)c1cccc(Cl)c1Cl. The third kappa shape index (κ3) is 3.63. The Hall–Kier alpha value is -0.280. The molecule has 2 unspecified atom stereocenters. The molecule has 0 saturated carbocycles. The molecule has 0 bridgehead atoms. The highest BCUT2D eigenvalue weighted by molar-refractivity contribution is 6.42. The number of halogens is 2. The van der Waals surface area contributed by atoms with Gasteiger partial charge < -0.3 is 10.4 Å². The Labute approximate surface area is 107 Å². The van der Waals surface area contributed by atoms with Gasteiger partial charge in [-0.3, -0.25) is 0 Å². The lowest BCUT2D eigenvalue weighted by Crippen LogP contribution is -2.28. The number of aliphatic hydroxyl groups excluding tert-OH is 1. The van der Waals surface area contributed by atoms with Crippen LogP contribution in [-0.2, 0) is 0 Å². The van der Waals surface area contributed by atoms with Crippen molar-refractivity contribution >= 4 is 23.2 Å². The number of hydrogen-bond donors (Lipinski definition) is 2. The van der Waals surface area contributed by atoms with Crippen LogP contribution in [0, 0.1) is 0 Å². The molecule has 16 heavy (non-hydrogen) atoms. The van der Waals surface area contributed by atoms with E-state index in [0.717, 1.165) is 12.0 Å². The average Bonchev–Trinajstić information content (AvgIpc) is 2.29. The molecule has 0 amide bonds. The van der Waals surface area contributed by atoms with Crippen molar-refractivity contribution in [3.8, 4) is 0 Å². The van der Waals surface area contributed by atoms with Crippen molar-refractivity contribution in [3.63, 3.8) is 0 Å². The van der Waals surface area contributed by atoms with Crippen molar-refractivity contribution in [3.05, 3.63) is 33.8 Å². The molecule has 0 spiro atoms. The highest BCUT2D eigenvalue weighted by Crippen LogP contribution is 2.29. The van der Waals surface area contributed by atoms with E-state index < -0.39 is 0 Å². The van der Waals surface area contributed by atoms with E-state index in [1.54, 1.807) is 6.07 Å². The smallest absolute Gasteiger partial charge is 0.0662 e. The Balaban J connectivity index is 2.66. The molecular formula is C12H17Cl2NO. The maximum absolute atomic E-state index is 9.46. The summed E-state index contributed by atoms with van der Waals surface area (Å²) in [5, 5.41) is 13.8. The van der Waals surface area contributed by atoms with Gasteiger partial charge >= 0.3 is 0 Å². The maximum Gasteiger partial charge on any atom is 0.0662 e. The van der Waals surface area contributed by atoms with Gasteiger partial charge in [-0.2, -0.15) is 0 Å². The van der Waals surface area contributed by atoms with Crippen LogP contribution in [0.25, 0.3) is 0 Å². The van der Waals surface area contributed by atoms with Crippen LogP contribution in [-0.4, -0.2) is 17.8 Å². The summed E-state index contributed by atoms with van der Waals surface area (Å²) in [7, 11) is 0. The van der Waals surface area contributed by atoms with Gasteiger partial charge in [0.1, 0.15) is 0 Å². The second kappa shape index (κ2) is 6.45. The quantitative estimate of drug-likeness (QED) is 0.852. The Morgan fingerprint density at radius 2 is 2.06 bits per heavy atom. The topological polar surface area (TPSA) is 32.3 Å². The molecular weight excluding hydrogens is 245 g/mol. The maximum atomic E-state index is 9.46. The van der Waals surface area contributed by atoms with Gasteiger partial charge in [0.2, 0.25) is 0 Å². The van der Waals surface area contributed by atoms with Gasteiger partial charge in [-0.25, -0.2) is 0 Å². The van der Waals surface area contributed by atoms with Crippen LogP contribution >= 0.6 is 23.2 Å². The number of hydrogen-bond acceptors (Lipinski definition) is 2. The van der Waals surface area contributed by atoms with E-state index in [0.29, 0.717) is 16.6 Å². The molecule has 0 aliphatic heterocycles. The molecule has 4 heteroatoms. The minimum atomic E-state index is -0.319. The molecule has 90 valence electrons. The summed E-state index contributed by atoms with van der Waals surface area (Å²) in [5.74, 6) is 0. The van der Waals surface area contributed by atoms with Gasteiger partial charge in [-0.1, -0.05) is 42.3 Å². The van der Waals surface area contributed by atoms with E-state index in [-0.39, 0.29) is 12.1 Å². The highest BCUT2D eigenvalue weighted by Gasteiger charge is 2.12. The summed E-state index contributed by atoms with van der Waals surface area (Å²) >= 11 is 12.0. The summed E-state index contributed by atoms with van der Waals surface area (Å²) < 4.78 is 0. The van der Waals surface area contributed by atoms with Crippen LogP contribution in [0.1, 0.15) is 31.9 Å². The first-order valence-electron chi connectivity index (χ1n) is 5.41. The fraction of sp³-hybridized carbons (Fsp3) is 0.500. The zero-order valence-corrected chi connectivity index (χ0v) is 11.0. The standard InChI is InChI=1S/C12H17Cl2NO/c1-3-9(16)7-15-8(2)10-5-4-6-11(13)12(10)14/h4-6,8-9,15-16H,3,7H2,1-2H3. The second-order valence-corrected chi connectivity index (χ2v) is 4.62. The van der Waals surface area contributed by atoms with Crippen molar-refractivity contribution in [2.24, 2.45) is 0 Å². The molecule has 0 radical (unpaired) electrons. The fourth-order valence-corrected chi connectivity index (χ4v) is 1.89. The summed E-state index contributed by atoms with van der Waals surface area (Å²) in [5.41, 5.74) is 0.956. The molecule has 0 aliphatic carbocycles. The molecule has 0 aromatic heterocycles. The third-order valence-electron chi connectivity index (χ3n) is 2.58. The van der Waals surface area contributed by atoms with Crippen LogP contribution in [0.4, 0.5) is 0 Å². The van der Waals surface area contributed by atoms with E-state index in [9.17, 15) is 5.11 Å². The molecule has 0 saturated heterocycles. The normalized spacial score (nSPS) is 14.8. The second-order valence-electron chi connectivity index (χ2n) is 3.84. The molecule has 2 nitrogen and oxygen atoms in total. The molecule has 2 N–H and O–H groups in total. The predicted octanol–water partition coefficient (Wildman–Crippen LogP) is 3.41. The largest absolute Gasteiger partial charge is 0.392 e. The van der Waals surface area contributed by atoms with Gasteiger partial charge in [-0.05, 0) is 25.0 Å². The zero-order chi connectivity index (χ0) is 12.1. The molecule has 1 aromatic rings. The van der Waals surface area contributed by atoms with Crippen molar-refractivity contribution in [1.29, 1.82) is 0 Å². The summed E-state index contributed by atoms with van der Waals surface area (Å²) in [4.78, 5) is 0. The molecule has 0 heterocycles. The van der Waals surface area contributed by atoms with E-state index >= 15 is 0 Å². The van der Waals surface area contributed by atoms with E-state index in [2.05, 4.69) is 5.32 Å². The van der Waals surface area contributed by atoms with Crippen molar-refractivity contribution in [2.45, 2.75) is 32.4 Å². The predicted molar refractivity (Wildman–Crippen MR) is 69.2 cm³/mol. The summed E-state index contributed by atoms with van der Waals surface area (Å²) in [6.45, 7) is 4.50. The van der Waals surface area contributed by atoms with Gasteiger partial charge in [0.15, 0.2) is 0 Å². The Bertz CT molecular complexity index is 344. The Morgan fingerprint density at radius 3 is 2.69 bits per heavy atom. The lowest BCUT2D eigenvalue weighted by atomic mass is 10.1. The first kappa shape index (κ1) is 13.8. The minimum absolute atomic E-state index is 0.0763. The summed E-state index contributed by atoms with van der Waals surface area (Å²) in [6.07, 6.45) is 0.420. The van der Waals surface area contributed by atoms with E-state index in [4.69, 9.17) is 23.2 Å². The van der Waals surface area contributed by atoms with Gasteiger partial charge in [0.25, 0.3) is 0 Å². The molecule has 0 aliphatic rings. The number of nitrogens with one attached hydrogen (secondary N) is 1. The van der Waals surface area contributed by atoms with E-state index in [1.807, 2.05) is 26.0 Å². The Morgan fingerprint density at radius 1 is 1.38 bits per heavy atom. The van der Waals surface area contributed by atoms with E-state index in [1.165, 1.54) is 0 Å².